The molecule has 0 aliphatic rings. The lowest BCUT2D eigenvalue weighted by Gasteiger charge is -2.12. The number of esters is 1. The van der Waals surface area contributed by atoms with Gasteiger partial charge >= 0.3 is 5.97 Å². The molecule has 0 unspecified atom stereocenters. The van der Waals surface area contributed by atoms with Gasteiger partial charge in [0.2, 0.25) is 5.91 Å². The lowest BCUT2D eigenvalue weighted by atomic mass is 10.2. The van der Waals surface area contributed by atoms with Crippen molar-refractivity contribution in [2.24, 2.45) is 0 Å². The first kappa shape index (κ1) is 17.1. The predicted octanol–water partition coefficient (Wildman–Crippen LogP) is 3.98. The van der Waals surface area contributed by atoms with Crippen molar-refractivity contribution in [3.8, 4) is 0 Å². The molecule has 0 bridgehead atoms. The molecule has 4 nitrogen and oxygen atoms in total. The van der Waals surface area contributed by atoms with Gasteiger partial charge in [0.25, 0.3) is 0 Å². The topological polar surface area (TPSA) is 55.4 Å². The summed E-state index contributed by atoms with van der Waals surface area (Å²) in [4.78, 5) is 24.8. The molecule has 2 rings (SSSR count). The number of carbonyl (C=O) groups excluding carboxylic acids is 2. The van der Waals surface area contributed by atoms with E-state index in [9.17, 15) is 9.59 Å². The Balaban J connectivity index is 1.93. The fourth-order valence-corrected chi connectivity index (χ4v) is 2.79. The molecule has 1 amide bonds. The van der Waals surface area contributed by atoms with Gasteiger partial charge in [-0.05, 0) is 50.2 Å². The number of nitrogens with one attached hydrogen (secondary N) is 1. The van der Waals surface area contributed by atoms with Crippen molar-refractivity contribution < 1.29 is 14.3 Å². The summed E-state index contributed by atoms with van der Waals surface area (Å²) < 4.78 is 4.92. The number of thioether (sulfide) groups is 1. The van der Waals surface area contributed by atoms with Crippen LogP contribution in [0.5, 0.6) is 0 Å². The quantitative estimate of drug-likeness (QED) is 0.643. The van der Waals surface area contributed by atoms with E-state index in [2.05, 4.69) is 5.32 Å². The van der Waals surface area contributed by atoms with Crippen LogP contribution in [0, 0.1) is 0 Å². The molecule has 0 heterocycles. The van der Waals surface area contributed by atoms with Crippen LogP contribution in [0.4, 0.5) is 5.69 Å². The van der Waals surface area contributed by atoms with Gasteiger partial charge in [-0.3, -0.25) is 4.79 Å². The van der Waals surface area contributed by atoms with Crippen molar-refractivity contribution in [2.45, 2.75) is 24.0 Å². The molecule has 0 fully saturated rings. The Labute approximate surface area is 140 Å². The van der Waals surface area contributed by atoms with Crippen LogP contribution in [-0.4, -0.2) is 23.7 Å². The summed E-state index contributed by atoms with van der Waals surface area (Å²) in [6, 6.07) is 16.5. The molecule has 0 spiro atoms. The van der Waals surface area contributed by atoms with Gasteiger partial charge in [0, 0.05) is 10.6 Å². The number of carbonyl (C=O) groups is 2. The van der Waals surface area contributed by atoms with Gasteiger partial charge in [-0.2, -0.15) is 0 Å². The highest BCUT2D eigenvalue weighted by Gasteiger charge is 2.14. The number of ether oxygens (including phenoxy) is 1. The largest absolute Gasteiger partial charge is 0.462 e. The van der Waals surface area contributed by atoms with E-state index >= 15 is 0 Å². The maximum Gasteiger partial charge on any atom is 0.338 e. The van der Waals surface area contributed by atoms with Gasteiger partial charge in [-0.15, -0.1) is 11.8 Å². The Hall–Kier alpha value is -2.27. The molecule has 0 aliphatic heterocycles. The van der Waals surface area contributed by atoms with Gasteiger partial charge in [0.05, 0.1) is 17.4 Å². The van der Waals surface area contributed by atoms with Crippen LogP contribution in [0.3, 0.4) is 0 Å². The Morgan fingerprint density at radius 2 is 1.74 bits per heavy atom. The summed E-state index contributed by atoms with van der Waals surface area (Å²) in [5, 5.41) is 2.63. The van der Waals surface area contributed by atoms with Gasteiger partial charge in [-0.1, -0.05) is 18.2 Å². The zero-order chi connectivity index (χ0) is 16.7. The maximum absolute atomic E-state index is 12.2. The Bertz CT molecular complexity index is 656. The van der Waals surface area contributed by atoms with E-state index in [0.717, 1.165) is 4.90 Å². The molecule has 2 aromatic rings. The smallest absolute Gasteiger partial charge is 0.338 e. The second kappa shape index (κ2) is 8.39. The van der Waals surface area contributed by atoms with E-state index in [4.69, 9.17) is 4.74 Å². The Morgan fingerprint density at radius 3 is 2.35 bits per heavy atom. The highest BCUT2D eigenvalue weighted by molar-refractivity contribution is 8.00. The van der Waals surface area contributed by atoms with E-state index in [1.54, 1.807) is 31.2 Å². The standard InChI is InChI=1S/C18H19NO3S/c1-3-22-18(21)14-9-11-15(12-10-14)19-17(20)13(2)23-16-7-5-4-6-8-16/h4-13H,3H2,1-2H3,(H,19,20)/t13-/m0/s1. The lowest BCUT2D eigenvalue weighted by Crippen LogP contribution is -2.22. The average molecular weight is 329 g/mol. The second-order valence-corrected chi connectivity index (χ2v) is 6.27. The van der Waals surface area contributed by atoms with Crippen LogP contribution in [-0.2, 0) is 9.53 Å². The normalized spacial score (nSPS) is 11.6. The van der Waals surface area contributed by atoms with Crippen molar-refractivity contribution in [1.29, 1.82) is 0 Å². The number of hydrogen-bond donors (Lipinski definition) is 1. The average Bonchev–Trinajstić information content (AvgIpc) is 2.56. The molecule has 120 valence electrons. The minimum atomic E-state index is -0.363. The van der Waals surface area contributed by atoms with Gasteiger partial charge < -0.3 is 10.1 Å². The molecule has 0 radical (unpaired) electrons. The molecule has 0 saturated carbocycles. The van der Waals surface area contributed by atoms with Gasteiger partial charge in [-0.25, -0.2) is 4.79 Å². The molecule has 2 aromatic carbocycles. The van der Waals surface area contributed by atoms with Crippen molar-refractivity contribution in [1.82, 2.24) is 0 Å². The van der Waals surface area contributed by atoms with Crippen LogP contribution in [0.25, 0.3) is 0 Å². The van der Waals surface area contributed by atoms with Crippen LogP contribution in [0.15, 0.2) is 59.5 Å². The fraction of sp³-hybridized carbons (Fsp3) is 0.222. The van der Waals surface area contributed by atoms with Crippen molar-refractivity contribution in [3.63, 3.8) is 0 Å². The first-order valence-electron chi connectivity index (χ1n) is 7.40. The number of anilines is 1. The summed E-state index contributed by atoms with van der Waals surface area (Å²) in [5.41, 5.74) is 1.13. The zero-order valence-corrected chi connectivity index (χ0v) is 13.9. The maximum atomic E-state index is 12.2. The number of rotatable bonds is 6. The summed E-state index contributed by atoms with van der Waals surface area (Å²) in [5.74, 6) is -0.443. The highest BCUT2D eigenvalue weighted by atomic mass is 32.2. The van der Waals surface area contributed by atoms with E-state index in [0.29, 0.717) is 17.9 Å². The molecule has 0 saturated heterocycles. The Kier molecular flexibility index (Phi) is 6.23. The monoisotopic (exact) mass is 329 g/mol. The number of benzene rings is 2. The molecule has 1 N–H and O–H groups in total. The van der Waals surface area contributed by atoms with Gasteiger partial charge in [0.1, 0.15) is 0 Å². The lowest BCUT2D eigenvalue weighted by molar-refractivity contribution is -0.115. The summed E-state index contributed by atoms with van der Waals surface area (Å²) >= 11 is 1.50. The van der Waals surface area contributed by atoms with Crippen molar-refractivity contribution in [3.05, 3.63) is 60.2 Å². The van der Waals surface area contributed by atoms with E-state index in [1.165, 1.54) is 11.8 Å². The third kappa shape index (κ3) is 5.14. The second-order valence-electron chi connectivity index (χ2n) is 4.86. The summed E-state index contributed by atoms with van der Waals surface area (Å²) in [6.45, 7) is 3.96. The zero-order valence-electron chi connectivity index (χ0n) is 13.1. The molecule has 23 heavy (non-hydrogen) atoms. The van der Waals surface area contributed by atoms with Crippen molar-refractivity contribution >= 4 is 29.3 Å². The van der Waals surface area contributed by atoms with Crippen LogP contribution >= 0.6 is 11.8 Å². The molecule has 0 aromatic heterocycles. The minimum Gasteiger partial charge on any atom is -0.462 e. The molecule has 1 atom stereocenters. The van der Waals surface area contributed by atoms with E-state index < -0.39 is 0 Å². The molecule has 0 aliphatic carbocycles. The highest BCUT2D eigenvalue weighted by Crippen LogP contribution is 2.23. The molecular weight excluding hydrogens is 310 g/mol. The summed E-state index contributed by atoms with van der Waals surface area (Å²) in [7, 11) is 0. The predicted molar refractivity (Wildman–Crippen MR) is 92.8 cm³/mol. The number of hydrogen-bond acceptors (Lipinski definition) is 4. The molecular formula is C18H19NO3S. The van der Waals surface area contributed by atoms with Crippen LogP contribution in [0.2, 0.25) is 0 Å². The summed E-state index contributed by atoms with van der Waals surface area (Å²) in [6.07, 6.45) is 0. The van der Waals surface area contributed by atoms with Crippen LogP contribution < -0.4 is 5.32 Å². The number of amides is 1. The van der Waals surface area contributed by atoms with E-state index in [1.807, 2.05) is 37.3 Å². The molecule has 5 heteroatoms. The first-order chi connectivity index (χ1) is 11.1. The van der Waals surface area contributed by atoms with E-state index in [-0.39, 0.29) is 17.1 Å². The Morgan fingerprint density at radius 1 is 1.09 bits per heavy atom. The van der Waals surface area contributed by atoms with Crippen molar-refractivity contribution in [2.75, 3.05) is 11.9 Å². The van der Waals surface area contributed by atoms with Gasteiger partial charge in [0.15, 0.2) is 0 Å². The third-order valence-electron chi connectivity index (χ3n) is 3.09. The SMILES string of the molecule is CCOC(=O)c1ccc(NC(=O)[C@H](C)Sc2ccccc2)cc1. The fourth-order valence-electron chi connectivity index (χ4n) is 1.90. The van der Waals surface area contributed by atoms with Crippen LogP contribution in [0.1, 0.15) is 24.2 Å². The third-order valence-corrected chi connectivity index (χ3v) is 4.20. The first-order valence-corrected chi connectivity index (χ1v) is 8.28. The minimum absolute atomic E-state index is 0.0808.